The summed E-state index contributed by atoms with van der Waals surface area (Å²) in [4.78, 5) is 11.4. The molecule has 0 bridgehead atoms. The lowest BCUT2D eigenvalue weighted by Crippen LogP contribution is -2.32. The first kappa shape index (κ1) is 25.6. The molecule has 1 aromatic heterocycles. The van der Waals surface area contributed by atoms with Crippen molar-refractivity contribution >= 4 is 39.8 Å². The summed E-state index contributed by atoms with van der Waals surface area (Å²) in [6, 6.07) is 11.5. The number of guanidine groups is 1. The van der Waals surface area contributed by atoms with Gasteiger partial charge in [0.25, 0.3) is 0 Å². The van der Waals surface area contributed by atoms with E-state index in [2.05, 4.69) is 38.5 Å². The molecule has 0 amide bonds. The highest BCUT2D eigenvalue weighted by atomic mass is 35.5. The number of aromatic nitrogens is 1. The molecule has 1 fully saturated rings. The predicted octanol–water partition coefficient (Wildman–Crippen LogP) is 5.44. The minimum absolute atomic E-state index is 0.208. The van der Waals surface area contributed by atoms with Crippen LogP contribution >= 0.6 is 11.6 Å². The molecule has 0 aliphatic carbocycles. The number of fused-ring (bicyclic) bond motifs is 1. The third-order valence-corrected chi connectivity index (χ3v) is 6.70. The summed E-state index contributed by atoms with van der Waals surface area (Å²) in [6.45, 7) is 5.06. The molecule has 0 unspecified atom stereocenters. The summed E-state index contributed by atoms with van der Waals surface area (Å²) in [5.41, 5.74) is 3.34. The smallest absolute Gasteiger partial charge is 0.201 e. The predicted molar refractivity (Wildman–Crippen MR) is 149 cm³/mol. The van der Waals surface area contributed by atoms with Crippen LogP contribution in [0.2, 0.25) is 5.02 Å². The van der Waals surface area contributed by atoms with Crippen LogP contribution in [-0.4, -0.2) is 56.2 Å². The lowest BCUT2D eigenvalue weighted by Gasteiger charge is -2.28. The van der Waals surface area contributed by atoms with E-state index in [1.807, 2.05) is 43.3 Å². The zero-order valence-corrected chi connectivity index (χ0v) is 21.7. The van der Waals surface area contributed by atoms with Crippen LogP contribution in [0.15, 0.2) is 47.6 Å². The summed E-state index contributed by atoms with van der Waals surface area (Å²) < 4.78 is 11.9. The summed E-state index contributed by atoms with van der Waals surface area (Å²) in [7, 11) is 3.81. The van der Waals surface area contributed by atoms with Gasteiger partial charge < -0.3 is 25.0 Å². The van der Waals surface area contributed by atoms with Gasteiger partial charge in [-0.25, -0.2) is 4.99 Å². The number of aryl methyl sites for hydroxylation is 1. The number of likely N-dealkylation sites (tertiary alicyclic amines) is 1. The number of methoxy groups -OCH3 is 1. The van der Waals surface area contributed by atoms with Crippen LogP contribution in [0.3, 0.4) is 0 Å². The van der Waals surface area contributed by atoms with E-state index in [1.165, 1.54) is 0 Å². The second-order valence-electron chi connectivity index (χ2n) is 8.99. The van der Waals surface area contributed by atoms with E-state index in [-0.39, 0.29) is 6.54 Å². The van der Waals surface area contributed by atoms with E-state index in [1.54, 1.807) is 13.3 Å². The monoisotopic (exact) mass is 505 g/mol. The van der Waals surface area contributed by atoms with Crippen molar-refractivity contribution in [2.45, 2.75) is 19.8 Å². The first-order chi connectivity index (χ1) is 17.5. The summed E-state index contributed by atoms with van der Waals surface area (Å²) in [5, 5.41) is 8.12. The fourth-order valence-electron chi connectivity index (χ4n) is 4.24. The van der Waals surface area contributed by atoms with Crippen LogP contribution in [0, 0.1) is 25.2 Å². The Kier molecular flexibility index (Phi) is 8.52. The molecule has 188 valence electrons. The molecule has 1 aliphatic rings. The highest BCUT2D eigenvalue weighted by Gasteiger charge is 2.19. The van der Waals surface area contributed by atoms with Gasteiger partial charge in [-0.1, -0.05) is 29.7 Å². The van der Waals surface area contributed by atoms with E-state index >= 15 is 0 Å². The summed E-state index contributed by atoms with van der Waals surface area (Å²) in [6.07, 6.45) is 9.49. The van der Waals surface area contributed by atoms with Crippen LogP contribution in [0.1, 0.15) is 18.4 Å². The van der Waals surface area contributed by atoms with E-state index in [0.29, 0.717) is 35.0 Å². The Hall–Kier alpha value is -3.47. The first-order valence-corrected chi connectivity index (χ1v) is 12.4. The molecular formula is C28H32ClN5O2. The molecule has 2 aromatic carbocycles. The fourth-order valence-corrected chi connectivity index (χ4v) is 4.51. The number of aliphatic imine (C=N–C) groups is 1. The lowest BCUT2D eigenvalue weighted by atomic mass is 9.98. The number of benzene rings is 2. The highest BCUT2D eigenvalue weighted by Crippen LogP contribution is 2.35. The molecule has 0 atom stereocenters. The lowest BCUT2D eigenvalue weighted by molar-refractivity contribution is 0.157. The van der Waals surface area contributed by atoms with E-state index in [9.17, 15) is 0 Å². The van der Waals surface area contributed by atoms with E-state index < -0.39 is 0 Å². The number of pyridine rings is 1. The SMILES string of the molecule is C#CCN=C(Nc1c(C)cccc1Cl)Nc1ccnc2cc(OCC3CCN(C)CC3)c(OC)cc12. The van der Waals surface area contributed by atoms with Gasteiger partial charge in [-0.2, -0.15) is 0 Å². The number of halogens is 1. The van der Waals surface area contributed by atoms with Crippen LogP contribution in [0.25, 0.3) is 10.9 Å². The molecule has 1 saturated heterocycles. The second-order valence-corrected chi connectivity index (χ2v) is 9.39. The maximum absolute atomic E-state index is 6.43. The van der Waals surface area contributed by atoms with Crippen molar-refractivity contribution in [2.75, 3.05) is 51.0 Å². The zero-order valence-electron chi connectivity index (χ0n) is 21.0. The molecule has 0 spiro atoms. The Balaban J connectivity index is 1.59. The number of ether oxygens (including phenoxy) is 2. The molecule has 7 nitrogen and oxygen atoms in total. The minimum Gasteiger partial charge on any atom is -0.493 e. The molecule has 4 rings (SSSR count). The number of hydrogen-bond acceptors (Lipinski definition) is 5. The van der Waals surface area contributed by atoms with Crippen LogP contribution in [0.4, 0.5) is 11.4 Å². The van der Waals surface area contributed by atoms with Gasteiger partial charge in [-0.05, 0) is 69.6 Å². The molecule has 2 N–H and O–H groups in total. The number of terminal acetylenes is 1. The largest absolute Gasteiger partial charge is 0.493 e. The number of nitrogens with zero attached hydrogens (tertiary/aromatic N) is 3. The maximum atomic E-state index is 6.43. The van der Waals surface area contributed by atoms with Crippen molar-refractivity contribution in [3.8, 4) is 23.8 Å². The van der Waals surface area contributed by atoms with Gasteiger partial charge in [0.05, 0.1) is 35.6 Å². The molecule has 8 heteroatoms. The number of nitrogens with one attached hydrogen (secondary N) is 2. The summed E-state index contributed by atoms with van der Waals surface area (Å²) >= 11 is 6.43. The fraction of sp³-hybridized carbons (Fsp3) is 0.357. The van der Waals surface area contributed by atoms with Crippen molar-refractivity contribution in [1.29, 1.82) is 0 Å². The highest BCUT2D eigenvalue weighted by molar-refractivity contribution is 6.34. The topological polar surface area (TPSA) is 71.0 Å². The molecule has 1 aliphatic heterocycles. The average molecular weight is 506 g/mol. The van der Waals surface area contributed by atoms with Gasteiger partial charge in [-0.3, -0.25) is 4.98 Å². The zero-order chi connectivity index (χ0) is 25.5. The molecule has 0 radical (unpaired) electrons. The van der Waals surface area contributed by atoms with Crippen molar-refractivity contribution in [3.05, 3.63) is 53.2 Å². The van der Waals surface area contributed by atoms with Gasteiger partial charge in [-0.15, -0.1) is 6.42 Å². The molecule has 3 aromatic rings. The van der Waals surface area contributed by atoms with Crippen molar-refractivity contribution in [2.24, 2.45) is 10.9 Å². The number of piperidine rings is 1. The molecule has 2 heterocycles. The average Bonchev–Trinajstić information content (AvgIpc) is 2.88. The standard InChI is InChI=1S/C28H32ClN5O2/c1-5-12-31-28(33-27-19(2)7-6-8-22(27)29)32-23-9-13-30-24-17-26(25(35-4)16-21(23)24)36-18-20-10-14-34(3)15-11-20/h1,6-9,13,16-17,20H,10-12,14-15,18H2,2-4H3,(H2,30,31,32,33). The first-order valence-electron chi connectivity index (χ1n) is 12.0. The maximum Gasteiger partial charge on any atom is 0.201 e. The van der Waals surface area contributed by atoms with E-state index in [4.69, 9.17) is 27.5 Å². The third kappa shape index (κ3) is 6.20. The molecule has 36 heavy (non-hydrogen) atoms. The number of rotatable bonds is 7. The molecule has 0 saturated carbocycles. The quantitative estimate of drug-likeness (QED) is 0.253. The minimum atomic E-state index is 0.208. The number of hydrogen-bond donors (Lipinski definition) is 2. The molecular weight excluding hydrogens is 474 g/mol. The van der Waals surface area contributed by atoms with Crippen LogP contribution in [-0.2, 0) is 0 Å². The van der Waals surface area contributed by atoms with E-state index in [0.717, 1.165) is 53.8 Å². The Morgan fingerprint density at radius 2 is 2.03 bits per heavy atom. The third-order valence-electron chi connectivity index (χ3n) is 6.39. The van der Waals surface area contributed by atoms with Crippen LogP contribution in [0.5, 0.6) is 11.5 Å². The number of para-hydroxylation sites is 1. The van der Waals surface area contributed by atoms with Gasteiger partial charge in [0.2, 0.25) is 5.96 Å². The Labute approximate surface area is 217 Å². The second kappa shape index (κ2) is 12.0. The normalized spacial score (nSPS) is 14.9. The number of anilines is 2. The van der Waals surface area contributed by atoms with Gasteiger partial charge in [0.15, 0.2) is 11.5 Å². The van der Waals surface area contributed by atoms with Crippen molar-refractivity contribution < 1.29 is 9.47 Å². The Morgan fingerprint density at radius 3 is 2.75 bits per heavy atom. The van der Waals surface area contributed by atoms with Crippen molar-refractivity contribution in [1.82, 2.24) is 9.88 Å². The van der Waals surface area contributed by atoms with Crippen LogP contribution < -0.4 is 20.1 Å². The Bertz CT molecular complexity index is 1260. The van der Waals surface area contributed by atoms with Gasteiger partial charge in [0, 0.05) is 17.6 Å². The van der Waals surface area contributed by atoms with Gasteiger partial charge >= 0.3 is 0 Å². The Morgan fingerprint density at radius 1 is 1.22 bits per heavy atom. The summed E-state index contributed by atoms with van der Waals surface area (Å²) in [5.74, 6) is 4.93. The van der Waals surface area contributed by atoms with Crippen molar-refractivity contribution in [3.63, 3.8) is 0 Å². The van der Waals surface area contributed by atoms with Gasteiger partial charge in [0.1, 0.15) is 6.54 Å².